The van der Waals surface area contributed by atoms with Gasteiger partial charge >= 0.3 is 0 Å². The summed E-state index contributed by atoms with van der Waals surface area (Å²) in [5.74, 6) is 1.01. The van der Waals surface area contributed by atoms with E-state index in [1.807, 2.05) is 0 Å². The van der Waals surface area contributed by atoms with Gasteiger partial charge in [0.05, 0.1) is 0 Å². The number of hydrogen-bond donors (Lipinski definition) is 2. The van der Waals surface area contributed by atoms with E-state index in [1.165, 1.54) is 6.42 Å². The maximum absolute atomic E-state index is 11.9. The largest absolute Gasteiger partial charge is 0.353 e. The lowest BCUT2D eigenvalue weighted by atomic mass is 9.81. The number of rotatable bonds is 4. The second-order valence-corrected chi connectivity index (χ2v) is 4.78. The quantitative estimate of drug-likeness (QED) is 0.744. The van der Waals surface area contributed by atoms with Crippen LogP contribution in [0.5, 0.6) is 0 Å². The standard InChI is InChI=1S/C12H24N2O/c1-3-9(2)14-12(15)11-6-4-5-10(7-11)8-13/h9-11H,3-8,13H2,1-2H3,(H,14,15). The molecule has 15 heavy (non-hydrogen) atoms. The molecule has 3 atom stereocenters. The van der Waals surface area contributed by atoms with Crippen LogP contribution in [0.2, 0.25) is 0 Å². The van der Waals surface area contributed by atoms with Crippen molar-refractivity contribution in [3.8, 4) is 0 Å². The number of carbonyl (C=O) groups is 1. The Morgan fingerprint density at radius 3 is 2.87 bits per heavy atom. The van der Waals surface area contributed by atoms with Crippen LogP contribution in [0, 0.1) is 11.8 Å². The van der Waals surface area contributed by atoms with E-state index >= 15 is 0 Å². The van der Waals surface area contributed by atoms with Crippen LogP contribution in [0.1, 0.15) is 46.0 Å². The van der Waals surface area contributed by atoms with E-state index in [9.17, 15) is 4.79 Å². The molecule has 1 rings (SSSR count). The number of nitrogens with one attached hydrogen (secondary N) is 1. The zero-order valence-electron chi connectivity index (χ0n) is 9.96. The number of amides is 1. The average molecular weight is 212 g/mol. The Morgan fingerprint density at radius 2 is 2.27 bits per heavy atom. The third kappa shape index (κ3) is 3.82. The second-order valence-electron chi connectivity index (χ2n) is 4.78. The van der Waals surface area contributed by atoms with Crippen LogP contribution in [-0.2, 0) is 4.79 Å². The van der Waals surface area contributed by atoms with E-state index in [-0.39, 0.29) is 11.8 Å². The smallest absolute Gasteiger partial charge is 0.223 e. The first kappa shape index (κ1) is 12.5. The van der Waals surface area contributed by atoms with Gasteiger partial charge in [-0.2, -0.15) is 0 Å². The lowest BCUT2D eigenvalue weighted by Gasteiger charge is -2.28. The number of hydrogen-bond acceptors (Lipinski definition) is 2. The van der Waals surface area contributed by atoms with E-state index < -0.39 is 0 Å². The molecule has 3 nitrogen and oxygen atoms in total. The minimum Gasteiger partial charge on any atom is -0.353 e. The van der Waals surface area contributed by atoms with Gasteiger partial charge in [0, 0.05) is 12.0 Å². The van der Waals surface area contributed by atoms with Crippen LogP contribution in [0.3, 0.4) is 0 Å². The molecule has 88 valence electrons. The highest BCUT2D eigenvalue weighted by molar-refractivity contribution is 5.79. The Morgan fingerprint density at radius 1 is 1.53 bits per heavy atom. The first-order valence-electron chi connectivity index (χ1n) is 6.17. The molecule has 1 fully saturated rings. The topological polar surface area (TPSA) is 55.1 Å². The van der Waals surface area contributed by atoms with Crippen molar-refractivity contribution in [1.82, 2.24) is 5.32 Å². The summed E-state index contributed by atoms with van der Waals surface area (Å²) in [5.41, 5.74) is 5.66. The van der Waals surface area contributed by atoms with Gasteiger partial charge in [-0.3, -0.25) is 4.79 Å². The van der Waals surface area contributed by atoms with E-state index in [1.54, 1.807) is 0 Å². The minimum absolute atomic E-state index is 0.210. The fourth-order valence-corrected chi connectivity index (χ4v) is 2.21. The van der Waals surface area contributed by atoms with Crippen molar-refractivity contribution in [2.45, 2.75) is 52.0 Å². The lowest BCUT2D eigenvalue weighted by molar-refractivity contribution is -0.127. The fraction of sp³-hybridized carbons (Fsp3) is 0.917. The van der Waals surface area contributed by atoms with E-state index in [0.29, 0.717) is 12.0 Å². The Balaban J connectivity index is 2.38. The highest BCUT2D eigenvalue weighted by Crippen LogP contribution is 2.28. The van der Waals surface area contributed by atoms with Gasteiger partial charge in [0.1, 0.15) is 0 Å². The molecule has 1 amide bonds. The molecule has 1 saturated carbocycles. The van der Waals surface area contributed by atoms with Crippen molar-refractivity contribution in [2.75, 3.05) is 6.54 Å². The summed E-state index contributed by atoms with van der Waals surface area (Å²) in [6.07, 6.45) is 5.38. The maximum atomic E-state index is 11.9. The van der Waals surface area contributed by atoms with E-state index in [2.05, 4.69) is 19.2 Å². The molecule has 1 aliphatic rings. The first-order chi connectivity index (χ1) is 7.17. The molecular weight excluding hydrogens is 188 g/mol. The molecule has 0 aromatic heterocycles. The Hall–Kier alpha value is -0.570. The summed E-state index contributed by atoms with van der Waals surface area (Å²) in [6.45, 7) is 4.88. The van der Waals surface area contributed by atoms with Gasteiger partial charge in [-0.25, -0.2) is 0 Å². The number of carbonyl (C=O) groups excluding carboxylic acids is 1. The molecule has 0 aliphatic heterocycles. The molecule has 0 heterocycles. The normalized spacial score (nSPS) is 28.5. The summed E-state index contributed by atoms with van der Waals surface area (Å²) in [5, 5.41) is 3.06. The van der Waals surface area contributed by atoms with Gasteiger partial charge in [-0.15, -0.1) is 0 Å². The van der Waals surface area contributed by atoms with Crippen molar-refractivity contribution in [3.05, 3.63) is 0 Å². The van der Waals surface area contributed by atoms with Gasteiger partial charge in [0.25, 0.3) is 0 Å². The molecule has 3 unspecified atom stereocenters. The van der Waals surface area contributed by atoms with Gasteiger partial charge in [0.15, 0.2) is 0 Å². The van der Waals surface area contributed by atoms with E-state index in [0.717, 1.165) is 32.2 Å². The molecular formula is C12H24N2O. The van der Waals surface area contributed by atoms with Crippen molar-refractivity contribution >= 4 is 5.91 Å². The zero-order valence-corrected chi connectivity index (χ0v) is 9.96. The molecule has 3 heteroatoms. The lowest BCUT2D eigenvalue weighted by Crippen LogP contribution is -2.39. The molecule has 0 radical (unpaired) electrons. The van der Waals surface area contributed by atoms with Crippen molar-refractivity contribution in [1.29, 1.82) is 0 Å². The number of nitrogens with two attached hydrogens (primary N) is 1. The monoisotopic (exact) mass is 212 g/mol. The minimum atomic E-state index is 0.210. The van der Waals surface area contributed by atoms with Gasteiger partial charge in [0.2, 0.25) is 5.91 Å². The molecule has 0 aromatic carbocycles. The predicted octanol–water partition coefficient (Wildman–Crippen LogP) is 1.67. The summed E-state index contributed by atoms with van der Waals surface area (Å²) in [6, 6.07) is 0.302. The van der Waals surface area contributed by atoms with Crippen LogP contribution in [0.15, 0.2) is 0 Å². The van der Waals surface area contributed by atoms with Crippen molar-refractivity contribution < 1.29 is 4.79 Å². The summed E-state index contributed by atoms with van der Waals surface area (Å²) < 4.78 is 0. The zero-order chi connectivity index (χ0) is 11.3. The Bertz CT molecular complexity index is 206. The Labute approximate surface area is 92.8 Å². The van der Waals surface area contributed by atoms with Crippen LogP contribution in [0.4, 0.5) is 0 Å². The SMILES string of the molecule is CCC(C)NC(=O)C1CCCC(CN)C1. The predicted molar refractivity (Wildman–Crippen MR) is 62.4 cm³/mol. The van der Waals surface area contributed by atoms with E-state index in [4.69, 9.17) is 5.73 Å². The second kappa shape index (κ2) is 6.11. The molecule has 3 N–H and O–H groups in total. The van der Waals surface area contributed by atoms with Crippen LogP contribution in [0.25, 0.3) is 0 Å². The van der Waals surface area contributed by atoms with Crippen LogP contribution in [-0.4, -0.2) is 18.5 Å². The highest BCUT2D eigenvalue weighted by atomic mass is 16.1. The van der Waals surface area contributed by atoms with Crippen molar-refractivity contribution in [3.63, 3.8) is 0 Å². The van der Waals surface area contributed by atoms with Gasteiger partial charge < -0.3 is 11.1 Å². The third-order valence-corrected chi connectivity index (χ3v) is 3.49. The molecule has 0 saturated heterocycles. The van der Waals surface area contributed by atoms with Crippen LogP contribution < -0.4 is 11.1 Å². The summed E-state index contributed by atoms with van der Waals surface area (Å²) >= 11 is 0. The Kier molecular flexibility index (Phi) is 5.09. The highest BCUT2D eigenvalue weighted by Gasteiger charge is 2.26. The maximum Gasteiger partial charge on any atom is 0.223 e. The molecule has 0 spiro atoms. The first-order valence-corrected chi connectivity index (χ1v) is 6.17. The third-order valence-electron chi connectivity index (χ3n) is 3.49. The molecule has 0 aromatic rings. The molecule has 0 bridgehead atoms. The average Bonchev–Trinajstić information content (AvgIpc) is 2.28. The summed E-state index contributed by atoms with van der Waals surface area (Å²) in [4.78, 5) is 11.9. The van der Waals surface area contributed by atoms with Gasteiger partial charge in [-0.1, -0.05) is 13.3 Å². The fourth-order valence-electron chi connectivity index (χ4n) is 2.21. The summed E-state index contributed by atoms with van der Waals surface area (Å²) in [7, 11) is 0. The van der Waals surface area contributed by atoms with Crippen molar-refractivity contribution in [2.24, 2.45) is 17.6 Å². The van der Waals surface area contributed by atoms with Gasteiger partial charge in [-0.05, 0) is 45.1 Å². The van der Waals surface area contributed by atoms with Crippen LogP contribution >= 0.6 is 0 Å². The molecule has 1 aliphatic carbocycles.